The summed E-state index contributed by atoms with van der Waals surface area (Å²) in [7, 11) is 0. The lowest BCUT2D eigenvalue weighted by Gasteiger charge is -2.42. The average molecular weight is 807 g/mol. The number of fused-ring (bicyclic) bond motifs is 7. The first-order valence-corrected chi connectivity index (χ1v) is 21.7. The van der Waals surface area contributed by atoms with E-state index in [-0.39, 0.29) is 5.41 Å². The molecule has 0 saturated carbocycles. The Labute approximate surface area is 367 Å². The predicted molar refractivity (Wildman–Crippen MR) is 262 cm³/mol. The molecule has 3 heterocycles. The standard InChI is InChI=1S/C59H42N4/c1-59(2)49-30-14-15-31-53(49)62(44-24-10-5-11-25-44)54-34-33-42(37-50(54)59)47-28-17-29-48-56-46-27-13-12-18-39(46)32-35-55(56)63(57(47)48)45-26-16-23-43(36-45)52-38-51(40-19-6-3-7-20-40)60-58(61-52)41-21-8-4-9-22-41/h3-38H,1-2H3. The van der Waals surface area contributed by atoms with Gasteiger partial charge in [-0.2, -0.15) is 0 Å². The van der Waals surface area contributed by atoms with E-state index >= 15 is 0 Å². The molecule has 0 N–H and O–H groups in total. The van der Waals surface area contributed by atoms with Crippen molar-refractivity contribution in [1.82, 2.24) is 14.5 Å². The summed E-state index contributed by atoms with van der Waals surface area (Å²) in [5.74, 6) is 0.701. The molecular weight excluding hydrogens is 765 g/mol. The Morgan fingerprint density at radius 3 is 1.84 bits per heavy atom. The van der Waals surface area contributed by atoms with E-state index in [1.165, 1.54) is 60.7 Å². The van der Waals surface area contributed by atoms with Crippen molar-refractivity contribution in [2.75, 3.05) is 4.90 Å². The van der Waals surface area contributed by atoms with Gasteiger partial charge < -0.3 is 9.47 Å². The van der Waals surface area contributed by atoms with Gasteiger partial charge in [0.1, 0.15) is 0 Å². The molecule has 0 atom stereocenters. The van der Waals surface area contributed by atoms with E-state index in [1.54, 1.807) is 0 Å². The number of aromatic nitrogens is 3. The molecule has 63 heavy (non-hydrogen) atoms. The van der Waals surface area contributed by atoms with Gasteiger partial charge in [-0.3, -0.25) is 0 Å². The van der Waals surface area contributed by atoms with Gasteiger partial charge in [0.15, 0.2) is 5.82 Å². The number of hydrogen-bond acceptors (Lipinski definition) is 3. The van der Waals surface area contributed by atoms with Crippen molar-refractivity contribution >= 4 is 49.6 Å². The van der Waals surface area contributed by atoms with E-state index in [0.29, 0.717) is 5.82 Å². The summed E-state index contributed by atoms with van der Waals surface area (Å²) in [5.41, 5.74) is 16.5. The minimum atomic E-state index is -0.243. The van der Waals surface area contributed by atoms with Crippen molar-refractivity contribution in [2.45, 2.75) is 19.3 Å². The quantitative estimate of drug-likeness (QED) is 0.168. The summed E-state index contributed by atoms with van der Waals surface area (Å²) in [5, 5.41) is 4.93. The minimum Gasteiger partial charge on any atom is -0.310 e. The lowest BCUT2D eigenvalue weighted by atomic mass is 9.73. The van der Waals surface area contributed by atoms with Crippen LogP contribution < -0.4 is 4.90 Å². The van der Waals surface area contributed by atoms with Crippen molar-refractivity contribution in [2.24, 2.45) is 0 Å². The van der Waals surface area contributed by atoms with Crippen molar-refractivity contribution in [3.63, 3.8) is 0 Å². The summed E-state index contributed by atoms with van der Waals surface area (Å²) < 4.78 is 2.48. The van der Waals surface area contributed by atoms with Crippen LogP contribution in [-0.2, 0) is 5.41 Å². The molecule has 12 rings (SSSR count). The molecule has 0 radical (unpaired) electrons. The molecule has 0 saturated heterocycles. The zero-order valence-corrected chi connectivity index (χ0v) is 35.1. The van der Waals surface area contributed by atoms with E-state index in [4.69, 9.17) is 9.97 Å². The fourth-order valence-corrected chi connectivity index (χ4v) is 9.94. The van der Waals surface area contributed by atoms with Gasteiger partial charge in [0.05, 0.1) is 33.8 Å². The Morgan fingerprint density at radius 1 is 0.413 bits per heavy atom. The molecule has 0 amide bonds. The zero-order chi connectivity index (χ0) is 42.1. The van der Waals surface area contributed by atoms with Crippen LogP contribution in [0.2, 0.25) is 0 Å². The fourth-order valence-electron chi connectivity index (χ4n) is 9.94. The molecular formula is C59H42N4. The van der Waals surface area contributed by atoms with E-state index in [9.17, 15) is 0 Å². The highest BCUT2D eigenvalue weighted by Gasteiger charge is 2.37. The van der Waals surface area contributed by atoms with Crippen LogP contribution in [0, 0.1) is 0 Å². The van der Waals surface area contributed by atoms with Gasteiger partial charge in [-0.1, -0.05) is 178 Å². The second-order valence-electron chi connectivity index (χ2n) is 17.0. The second-order valence-corrected chi connectivity index (χ2v) is 17.0. The first kappa shape index (κ1) is 36.7. The summed E-state index contributed by atoms with van der Waals surface area (Å²) in [4.78, 5) is 12.7. The molecule has 1 aliphatic rings. The lowest BCUT2D eigenvalue weighted by molar-refractivity contribution is 0.632. The Balaban J connectivity index is 1.09. The van der Waals surface area contributed by atoms with Gasteiger partial charge in [0.2, 0.25) is 0 Å². The largest absolute Gasteiger partial charge is 0.310 e. The molecule has 0 spiro atoms. The summed E-state index contributed by atoms with van der Waals surface area (Å²) in [6.45, 7) is 4.73. The third-order valence-corrected chi connectivity index (χ3v) is 13.0. The maximum atomic E-state index is 5.23. The molecule has 9 aromatic carbocycles. The number of anilines is 3. The topological polar surface area (TPSA) is 34.0 Å². The van der Waals surface area contributed by atoms with Crippen molar-refractivity contribution in [3.8, 4) is 50.7 Å². The maximum Gasteiger partial charge on any atom is 0.160 e. The number of rotatable bonds is 6. The van der Waals surface area contributed by atoms with Crippen LogP contribution in [0.25, 0.3) is 83.3 Å². The zero-order valence-electron chi connectivity index (χ0n) is 35.1. The van der Waals surface area contributed by atoms with E-state index < -0.39 is 0 Å². The fraction of sp³-hybridized carbons (Fsp3) is 0.0508. The van der Waals surface area contributed by atoms with Crippen molar-refractivity contribution in [1.29, 1.82) is 0 Å². The van der Waals surface area contributed by atoms with Gasteiger partial charge in [0, 0.05) is 49.8 Å². The van der Waals surface area contributed by atoms with Gasteiger partial charge in [-0.15, -0.1) is 0 Å². The molecule has 2 aromatic heterocycles. The van der Waals surface area contributed by atoms with Gasteiger partial charge in [-0.05, 0) is 82.1 Å². The summed E-state index contributed by atoms with van der Waals surface area (Å²) in [6.07, 6.45) is 0. The molecule has 11 aromatic rings. The minimum absolute atomic E-state index is 0.243. The first-order valence-electron chi connectivity index (χ1n) is 21.7. The summed E-state index contributed by atoms with van der Waals surface area (Å²) >= 11 is 0. The molecule has 1 aliphatic heterocycles. The van der Waals surface area contributed by atoms with Crippen LogP contribution in [0.4, 0.5) is 17.1 Å². The maximum absolute atomic E-state index is 5.23. The average Bonchev–Trinajstić information content (AvgIpc) is 3.70. The highest BCUT2D eigenvalue weighted by molar-refractivity contribution is 6.23. The van der Waals surface area contributed by atoms with E-state index in [2.05, 4.69) is 217 Å². The third kappa shape index (κ3) is 5.98. The number of hydrogen-bond donors (Lipinski definition) is 0. The van der Waals surface area contributed by atoms with Crippen LogP contribution in [0.1, 0.15) is 25.0 Å². The van der Waals surface area contributed by atoms with Gasteiger partial charge in [0.25, 0.3) is 0 Å². The second kappa shape index (κ2) is 14.5. The van der Waals surface area contributed by atoms with Crippen molar-refractivity contribution in [3.05, 3.63) is 230 Å². The van der Waals surface area contributed by atoms with Crippen LogP contribution in [0.3, 0.4) is 0 Å². The van der Waals surface area contributed by atoms with Gasteiger partial charge >= 0.3 is 0 Å². The smallest absolute Gasteiger partial charge is 0.160 e. The SMILES string of the molecule is CC1(C)c2ccccc2N(c2ccccc2)c2ccc(-c3cccc4c5c6ccccc6ccc5n(-c5cccc(-c6cc(-c7ccccc7)nc(-c7ccccc7)n6)c5)c34)cc21. The molecule has 4 nitrogen and oxygen atoms in total. The summed E-state index contributed by atoms with van der Waals surface area (Å²) in [6, 6.07) is 78.5. The Morgan fingerprint density at radius 2 is 1.03 bits per heavy atom. The first-order chi connectivity index (χ1) is 31.0. The van der Waals surface area contributed by atoms with Gasteiger partial charge in [-0.25, -0.2) is 9.97 Å². The molecule has 0 bridgehead atoms. The Hall–Kier alpha value is -8.08. The van der Waals surface area contributed by atoms with Crippen LogP contribution in [-0.4, -0.2) is 14.5 Å². The lowest BCUT2D eigenvalue weighted by Crippen LogP contribution is -2.30. The monoisotopic (exact) mass is 806 g/mol. The van der Waals surface area contributed by atoms with E-state index in [0.717, 1.165) is 45.0 Å². The molecule has 0 unspecified atom stereocenters. The van der Waals surface area contributed by atoms with Crippen LogP contribution >= 0.6 is 0 Å². The number of nitrogens with zero attached hydrogens (tertiary/aromatic N) is 4. The molecule has 298 valence electrons. The Bertz CT molecular complexity index is 3480. The highest BCUT2D eigenvalue weighted by atomic mass is 15.2. The number of para-hydroxylation sites is 3. The predicted octanol–water partition coefficient (Wildman–Crippen LogP) is 15.5. The third-order valence-electron chi connectivity index (χ3n) is 13.0. The molecule has 0 fully saturated rings. The molecule has 4 heteroatoms. The van der Waals surface area contributed by atoms with Crippen LogP contribution in [0.15, 0.2) is 218 Å². The van der Waals surface area contributed by atoms with Crippen molar-refractivity contribution < 1.29 is 0 Å². The number of benzene rings is 9. The molecule has 0 aliphatic carbocycles. The Kier molecular flexibility index (Phi) is 8.48. The highest BCUT2D eigenvalue weighted by Crippen LogP contribution is 2.53. The normalized spacial score (nSPS) is 13.0. The van der Waals surface area contributed by atoms with E-state index in [1.807, 2.05) is 24.3 Å². The van der Waals surface area contributed by atoms with Crippen LogP contribution in [0.5, 0.6) is 0 Å².